The van der Waals surface area contributed by atoms with Crippen molar-refractivity contribution in [2.45, 2.75) is 6.92 Å². The number of hydrazine groups is 1. The predicted molar refractivity (Wildman–Crippen MR) is 49.2 cm³/mol. The van der Waals surface area contributed by atoms with Crippen LogP contribution in [0.1, 0.15) is 11.1 Å². The van der Waals surface area contributed by atoms with Crippen LogP contribution in [0.3, 0.4) is 0 Å². The third-order valence-electron chi connectivity index (χ3n) is 1.59. The normalized spacial score (nSPS) is 11.3. The second-order valence-corrected chi connectivity index (χ2v) is 2.49. The molecule has 5 N–H and O–H groups in total. The van der Waals surface area contributed by atoms with Gasteiger partial charge in [0.15, 0.2) is 5.84 Å². The molecule has 0 aliphatic heterocycles. The molecule has 1 aromatic rings. The molecule has 0 radical (unpaired) electrons. The van der Waals surface area contributed by atoms with Gasteiger partial charge in [-0.3, -0.25) is 0 Å². The quantitative estimate of drug-likeness (QED) is 0.238. The van der Waals surface area contributed by atoms with E-state index in [2.05, 4.69) is 10.5 Å². The van der Waals surface area contributed by atoms with E-state index in [1.807, 2.05) is 31.2 Å². The van der Waals surface area contributed by atoms with Gasteiger partial charge in [-0.05, 0) is 6.92 Å². The Morgan fingerprint density at radius 1 is 1.33 bits per heavy atom. The molecule has 64 valence electrons. The largest absolute Gasteiger partial charge is 0.321 e. The van der Waals surface area contributed by atoms with Gasteiger partial charge in [0.2, 0.25) is 0 Å². The number of hydrogen-bond acceptors (Lipinski definition) is 3. The number of rotatable bonds is 1. The summed E-state index contributed by atoms with van der Waals surface area (Å²) in [6.45, 7) is 2.01. The average Bonchev–Trinajstić information content (AvgIpc) is 2.10. The van der Waals surface area contributed by atoms with E-state index in [0.29, 0.717) is 5.84 Å². The number of hydrogen-bond donors (Lipinski definition) is 3. The highest BCUT2D eigenvalue weighted by atomic mass is 15.3. The molecule has 0 aliphatic carbocycles. The Morgan fingerprint density at radius 2 is 1.92 bits per heavy atom. The minimum absolute atomic E-state index is 0.481. The summed E-state index contributed by atoms with van der Waals surface area (Å²) in [5.41, 5.74) is 4.48. The van der Waals surface area contributed by atoms with Gasteiger partial charge in [-0.15, -0.1) is 0 Å². The van der Waals surface area contributed by atoms with Crippen molar-refractivity contribution >= 4 is 5.84 Å². The first-order valence-corrected chi connectivity index (χ1v) is 3.59. The fraction of sp³-hybridized carbons (Fsp3) is 0.125. The van der Waals surface area contributed by atoms with E-state index >= 15 is 0 Å². The minimum Gasteiger partial charge on any atom is -0.321 e. The van der Waals surface area contributed by atoms with Crippen molar-refractivity contribution < 1.29 is 0 Å². The van der Waals surface area contributed by atoms with Crippen LogP contribution in [-0.2, 0) is 0 Å². The molecule has 0 aliphatic rings. The van der Waals surface area contributed by atoms with Gasteiger partial charge < -0.3 is 11.3 Å². The minimum atomic E-state index is 0.481. The van der Waals surface area contributed by atoms with E-state index < -0.39 is 0 Å². The summed E-state index contributed by atoms with van der Waals surface area (Å²) < 4.78 is 0. The van der Waals surface area contributed by atoms with Crippen LogP contribution in [0.5, 0.6) is 0 Å². The fourth-order valence-corrected chi connectivity index (χ4v) is 0.907. The second-order valence-electron chi connectivity index (χ2n) is 2.49. The molecule has 0 bridgehead atoms. The lowest BCUT2D eigenvalue weighted by Crippen LogP contribution is -2.31. The second kappa shape index (κ2) is 3.73. The molecule has 12 heavy (non-hydrogen) atoms. The smallest absolute Gasteiger partial charge is 0.166 e. The first kappa shape index (κ1) is 8.55. The highest BCUT2D eigenvalue weighted by Crippen LogP contribution is 2.02. The van der Waals surface area contributed by atoms with E-state index in [4.69, 9.17) is 11.7 Å². The van der Waals surface area contributed by atoms with Crippen molar-refractivity contribution in [2.75, 3.05) is 0 Å². The summed E-state index contributed by atoms with van der Waals surface area (Å²) in [7, 11) is 0. The Labute approximate surface area is 71.2 Å². The van der Waals surface area contributed by atoms with Gasteiger partial charge in [0.25, 0.3) is 0 Å². The Morgan fingerprint density at radius 3 is 2.33 bits per heavy atom. The maximum Gasteiger partial charge on any atom is 0.166 e. The van der Waals surface area contributed by atoms with E-state index in [0.717, 1.165) is 5.56 Å². The number of aryl methyl sites for hydroxylation is 1. The summed E-state index contributed by atoms with van der Waals surface area (Å²) >= 11 is 0. The van der Waals surface area contributed by atoms with Crippen molar-refractivity contribution in [3.05, 3.63) is 35.4 Å². The number of hydrazone groups is 1. The summed E-state index contributed by atoms with van der Waals surface area (Å²) in [4.78, 5) is 0. The molecule has 0 atom stereocenters. The Kier molecular flexibility index (Phi) is 2.66. The van der Waals surface area contributed by atoms with E-state index in [1.54, 1.807) is 0 Å². The van der Waals surface area contributed by atoms with Crippen molar-refractivity contribution in [2.24, 2.45) is 16.8 Å². The number of amidine groups is 1. The number of nitrogens with one attached hydrogen (secondary N) is 1. The zero-order chi connectivity index (χ0) is 8.97. The van der Waals surface area contributed by atoms with E-state index in [9.17, 15) is 0 Å². The van der Waals surface area contributed by atoms with Crippen LogP contribution in [0.4, 0.5) is 0 Å². The monoisotopic (exact) mass is 164 g/mol. The third kappa shape index (κ3) is 1.73. The van der Waals surface area contributed by atoms with Crippen LogP contribution in [0.2, 0.25) is 0 Å². The summed E-state index contributed by atoms with van der Waals surface area (Å²) in [6.07, 6.45) is 0. The molecule has 0 amide bonds. The third-order valence-corrected chi connectivity index (χ3v) is 1.59. The summed E-state index contributed by atoms with van der Waals surface area (Å²) in [5.74, 6) is 10.8. The zero-order valence-corrected chi connectivity index (χ0v) is 6.91. The maximum atomic E-state index is 5.19. The maximum absolute atomic E-state index is 5.19. The van der Waals surface area contributed by atoms with Crippen LogP contribution in [0.15, 0.2) is 29.4 Å². The number of benzene rings is 1. The Hall–Kier alpha value is -1.55. The van der Waals surface area contributed by atoms with Crippen LogP contribution in [0.25, 0.3) is 0 Å². The highest BCUT2D eigenvalue weighted by molar-refractivity contribution is 5.98. The zero-order valence-electron chi connectivity index (χ0n) is 6.91. The highest BCUT2D eigenvalue weighted by Gasteiger charge is 1.98. The molecule has 4 nitrogen and oxygen atoms in total. The predicted octanol–water partition coefficient (Wildman–Crippen LogP) is 0.0786. The van der Waals surface area contributed by atoms with Crippen molar-refractivity contribution in [3.8, 4) is 0 Å². The molecular formula is C8H12N4. The van der Waals surface area contributed by atoms with Gasteiger partial charge >= 0.3 is 0 Å². The fourth-order valence-electron chi connectivity index (χ4n) is 0.907. The lowest BCUT2D eigenvalue weighted by atomic mass is 10.1. The van der Waals surface area contributed by atoms with Crippen molar-refractivity contribution in [3.63, 3.8) is 0 Å². The molecule has 1 aromatic carbocycles. The van der Waals surface area contributed by atoms with Crippen LogP contribution in [0, 0.1) is 6.92 Å². The lowest BCUT2D eigenvalue weighted by Gasteiger charge is -2.03. The van der Waals surface area contributed by atoms with E-state index in [1.165, 1.54) is 5.56 Å². The van der Waals surface area contributed by atoms with Gasteiger partial charge in [0, 0.05) is 5.56 Å². The van der Waals surface area contributed by atoms with Gasteiger partial charge in [0.05, 0.1) is 0 Å². The molecule has 0 saturated heterocycles. The summed E-state index contributed by atoms with van der Waals surface area (Å²) in [6, 6.07) is 7.75. The van der Waals surface area contributed by atoms with Crippen LogP contribution < -0.4 is 17.1 Å². The first-order valence-electron chi connectivity index (χ1n) is 3.59. The molecular weight excluding hydrogens is 152 g/mol. The molecule has 1 rings (SSSR count). The first-order chi connectivity index (χ1) is 5.77. The number of nitrogens with two attached hydrogens (primary N) is 2. The molecule has 0 fully saturated rings. The molecule has 0 aromatic heterocycles. The molecule has 0 saturated carbocycles. The van der Waals surface area contributed by atoms with E-state index in [-0.39, 0.29) is 0 Å². The standard InChI is InChI=1S/C8H12N4/c1-6-2-4-7(5-3-6)8(11-9)12-10/h2-5H,9-10H2,1H3,(H,11,12). The number of nitrogens with zero attached hydrogens (tertiary/aromatic N) is 1. The molecule has 4 heteroatoms. The Bertz CT molecular complexity index is 276. The van der Waals surface area contributed by atoms with Gasteiger partial charge in [-0.25, -0.2) is 5.84 Å². The molecule has 0 unspecified atom stereocenters. The van der Waals surface area contributed by atoms with Gasteiger partial charge in [0.1, 0.15) is 0 Å². The van der Waals surface area contributed by atoms with Crippen LogP contribution >= 0.6 is 0 Å². The van der Waals surface area contributed by atoms with Crippen LogP contribution in [-0.4, -0.2) is 5.84 Å². The van der Waals surface area contributed by atoms with Gasteiger partial charge in [-0.1, -0.05) is 29.8 Å². The Balaban J connectivity index is 2.96. The van der Waals surface area contributed by atoms with Crippen molar-refractivity contribution in [1.82, 2.24) is 5.43 Å². The van der Waals surface area contributed by atoms with Gasteiger partial charge in [-0.2, -0.15) is 5.10 Å². The topological polar surface area (TPSA) is 76.4 Å². The SMILES string of the molecule is Cc1ccc(/C(=N/N)NN)cc1. The summed E-state index contributed by atoms with van der Waals surface area (Å²) in [5, 5.41) is 3.49. The van der Waals surface area contributed by atoms with Crippen molar-refractivity contribution in [1.29, 1.82) is 0 Å². The molecule has 0 heterocycles. The average molecular weight is 164 g/mol. The lowest BCUT2D eigenvalue weighted by molar-refractivity contribution is 1.00. The molecule has 0 spiro atoms.